The van der Waals surface area contributed by atoms with Crippen molar-refractivity contribution in [1.29, 1.82) is 0 Å². The van der Waals surface area contributed by atoms with Crippen LogP contribution in [-0.2, 0) is 11.3 Å². The van der Waals surface area contributed by atoms with E-state index in [0.29, 0.717) is 6.61 Å². The van der Waals surface area contributed by atoms with Crippen molar-refractivity contribution < 1.29 is 9.47 Å². The van der Waals surface area contributed by atoms with E-state index in [1.807, 2.05) is 18.2 Å². The summed E-state index contributed by atoms with van der Waals surface area (Å²) in [6.07, 6.45) is 5.52. The van der Waals surface area contributed by atoms with Gasteiger partial charge in [0.05, 0.1) is 6.61 Å². The van der Waals surface area contributed by atoms with Crippen LogP contribution in [0.5, 0.6) is 5.75 Å². The largest absolute Gasteiger partial charge is 0.462 e. The van der Waals surface area contributed by atoms with Crippen molar-refractivity contribution in [3.05, 3.63) is 23.8 Å². The molecule has 1 spiro atoms. The van der Waals surface area contributed by atoms with Gasteiger partial charge >= 0.3 is 6.00 Å². The molecule has 1 fully saturated rings. The Bertz CT molecular complexity index is 481. The maximum atomic E-state index is 6.09. The zero-order valence-electron chi connectivity index (χ0n) is 10.4. The summed E-state index contributed by atoms with van der Waals surface area (Å²) in [4.78, 5) is 0. The van der Waals surface area contributed by atoms with Crippen LogP contribution in [0.1, 0.15) is 37.7 Å². The first-order valence-electron chi connectivity index (χ1n) is 6.52. The Kier molecular flexibility index (Phi) is 3.78. The normalized spacial score (nSPS) is 21.8. The second-order valence-corrected chi connectivity index (χ2v) is 13.6. The Morgan fingerprint density at radius 3 is 2.47 bits per heavy atom. The molecular formula is C13H15Cl3O2Si. The zero-order chi connectivity index (χ0) is 13.5. The maximum Gasteiger partial charge on any atom is 0.372 e. The van der Waals surface area contributed by atoms with Crippen molar-refractivity contribution in [3.63, 3.8) is 0 Å². The number of fused-ring (bicyclic) bond motifs is 1. The highest BCUT2D eigenvalue weighted by atomic mass is 35.8. The van der Waals surface area contributed by atoms with Crippen LogP contribution in [0.25, 0.3) is 0 Å². The molecule has 1 aliphatic carbocycles. The molecule has 1 saturated carbocycles. The second kappa shape index (κ2) is 5.12. The van der Waals surface area contributed by atoms with E-state index in [0.717, 1.165) is 42.2 Å². The molecule has 1 heterocycles. The molecule has 0 amide bonds. The van der Waals surface area contributed by atoms with Crippen LogP contribution in [0, 0.1) is 0 Å². The fourth-order valence-electron chi connectivity index (χ4n) is 2.74. The van der Waals surface area contributed by atoms with Gasteiger partial charge in [0.2, 0.25) is 5.79 Å². The monoisotopic (exact) mass is 336 g/mol. The highest BCUT2D eigenvalue weighted by molar-refractivity contribution is 7.69. The molecule has 1 aliphatic heterocycles. The topological polar surface area (TPSA) is 18.5 Å². The fraction of sp³-hybridized carbons (Fsp3) is 0.538. The highest BCUT2D eigenvalue weighted by Crippen LogP contribution is 2.40. The number of benzene rings is 1. The summed E-state index contributed by atoms with van der Waals surface area (Å²) in [5, 5.41) is 0.781. The van der Waals surface area contributed by atoms with Crippen molar-refractivity contribution in [3.8, 4) is 5.75 Å². The molecule has 0 bridgehead atoms. The summed E-state index contributed by atoms with van der Waals surface area (Å²) in [6, 6.07) is 2.85. The number of halogens is 3. The average Bonchev–Trinajstić information content (AvgIpc) is 2.38. The molecule has 104 valence electrons. The Labute approximate surface area is 128 Å². The molecule has 1 aromatic carbocycles. The van der Waals surface area contributed by atoms with Crippen molar-refractivity contribution >= 4 is 44.4 Å². The predicted molar refractivity (Wildman–Crippen MR) is 80.6 cm³/mol. The number of rotatable bonds is 1. The first-order chi connectivity index (χ1) is 8.99. The average molecular weight is 338 g/mol. The minimum atomic E-state index is -2.84. The van der Waals surface area contributed by atoms with Crippen LogP contribution >= 0.6 is 33.2 Å². The van der Waals surface area contributed by atoms with E-state index in [9.17, 15) is 0 Å². The zero-order valence-corrected chi connectivity index (χ0v) is 13.7. The molecular weight excluding hydrogens is 323 g/mol. The first kappa shape index (κ1) is 14.0. The molecule has 0 aromatic heterocycles. The Morgan fingerprint density at radius 2 is 1.79 bits per heavy atom. The van der Waals surface area contributed by atoms with Crippen molar-refractivity contribution in [2.45, 2.75) is 44.5 Å². The Hall–Kier alpha value is 0.0669. The van der Waals surface area contributed by atoms with Gasteiger partial charge in [0.15, 0.2) is 0 Å². The van der Waals surface area contributed by atoms with Gasteiger partial charge < -0.3 is 9.47 Å². The van der Waals surface area contributed by atoms with E-state index in [1.54, 1.807) is 0 Å². The molecule has 2 nitrogen and oxygen atoms in total. The van der Waals surface area contributed by atoms with Crippen molar-refractivity contribution in [1.82, 2.24) is 0 Å². The van der Waals surface area contributed by atoms with Gasteiger partial charge in [0.25, 0.3) is 0 Å². The Morgan fingerprint density at radius 1 is 1.05 bits per heavy atom. The lowest BCUT2D eigenvalue weighted by atomic mass is 9.93. The van der Waals surface area contributed by atoms with Crippen LogP contribution in [-0.4, -0.2) is 11.8 Å². The van der Waals surface area contributed by atoms with Gasteiger partial charge in [-0.1, -0.05) is 18.6 Å². The number of hydrogen-bond acceptors (Lipinski definition) is 2. The van der Waals surface area contributed by atoms with Crippen LogP contribution in [0.3, 0.4) is 0 Å². The van der Waals surface area contributed by atoms with E-state index in [2.05, 4.69) is 0 Å². The lowest BCUT2D eigenvalue weighted by Gasteiger charge is -2.41. The summed E-state index contributed by atoms with van der Waals surface area (Å²) >= 11 is 18.1. The molecule has 0 atom stereocenters. The molecule has 1 aromatic rings. The molecule has 2 aliphatic rings. The number of hydrogen-bond donors (Lipinski definition) is 0. The minimum absolute atomic E-state index is 0.413. The molecule has 0 N–H and O–H groups in total. The SMILES string of the molecule is Cl[Si](Cl)(Cl)c1ccc2c(c1)COC1(CCCCC1)O2. The van der Waals surface area contributed by atoms with E-state index in [1.165, 1.54) is 6.42 Å². The van der Waals surface area contributed by atoms with Crippen molar-refractivity contribution in [2.24, 2.45) is 0 Å². The summed E-state index contributed by atoms with van der Waals surface area (Å²) in [6.45, 7) is 0.540. The molecule has 3 rings (SSSR count). The highest BCUT2D eigenvalue weighted by Gasteiger charge is 2.39. The summed E-state index contributed by atoms with van der Waals surface area (Å²) in [5.74, 6) is 0.463. The van der Waals surface area contributed by atoms with Gasteiger partial charge in [-0.3, -0.25) is 0 Å². The van der Waals surface area contributed by atoms with Gasteiger partial charge in [-0.05, 0) is 24.1 Å². The van der Waals surface area contributed by atoms with Crippen LogP contribution in [0.15, 0.2) is 18.2 Å². The molecule has 0 radical (unpaired) electrons. The second-order valence-electron chi connectivity index (χ2n) is 5.18. The quantitative estimate of drug-likeness (QED) is 0.567. The molecule has 0 saturated heterocycles. The van der Waals surface area contributed by atoms with Gasteiger partial charge in [-0.25, -0.2) is 0 Å². The van der Waals surface area contributed by atoms with Gasteiger partial charge in [0.1, 0.15) is 5.75 Å². The van der Waals surface area contributed by atoms with E-state index < -0.39 is 11.8 Å². The summed E-state index contributed by atoms with van der Waals surface area (Å²) < 4.78 is 12.1. The van der Waals surface area contributed by atoms with Gasteiger partial charge in [0, 0.05) is 18.4 Å². The molecule has 19 heavy (non-hydrogen) atoms. The minimum Gasteiger partial charge on any atom is -0.462 e. The van der Waals surface area contributed by atoms with E-state index in [4.69, 9.17) is 42.7 Å². The van der Waals surface area contributed by atoms with Crippen molar-refractivity contribution in [2.75, 3.05) is 0 Å². The number of ether oxygens (including phenoxy) is 2. The first-order valence-corrected chi connectivity index (χ1v) is 11.6. The predicted octanol–water partition coefficient (Wildman–Crippen LogP) is 4.12. The Balaban J connectivity index is 1.86. The van der Waals surface area contributed by atoms with E-state index >= 15 is 0 Å². The summed E-state index contributed by atoms with van der Waals surface area (Å²) in [7, 11) is 0. The lowest BCUT2D eigenvalue weighted by Crippen LogP contribution is -2.44. The molecule has 0 unspecified atom stereocenters. The standard InChI is InChI=1S/C13H15Cl3O2Si/c14-19(15,16)11-4-5-12-10(8-11)9-17-13(18-12)6-2-1-3-7-13/h4-5,8H,1-3,6-7,9H2. The third kappa shape index (κ3) is 2.91. The van der Waals surface area contributed by atoms with Crippen LogP contribution in [0.2, 0.25) is 0 Å². The van der Waals surface area contributed by atoms with Crippen LogP contribution < -0.4 is 9.92 Å². The van der Waals surface area contributed by atoms with E-state index in [-0.39, 0.29) is 0 Å². The molecule has 6 heteroatoms. The third-order valence-electron chi connectivity index (χ3n) is 3.79. The third-order valence-corrected chi connectivity index (χ3v) is 6.72. The fourth-order valence-corrected chi connectivity index (χ4v) is 4.41. The van der Waals surface area contributed by atoms with Gasteiger partial charge in [-0.2, -0.15) is 0 Å². The van der Waals surface area contributed by atoms with Gasteiger partial charge in [-0.15, -0.1) is 33.2 Å². The maximum absolute atomic E-state index is 6.09. The smallest absolute Gasteiger partial charge is 0.372 e. The lowest BCUT2D eigenvalue weighted by molar-refractivity contribution is -0.222. The van der Waals surface area contributed by atoms with Crippen LogP contribution in [0.4, 0.5) is 0 Å². The summed E-state index contributed by atoms with van der Waals surface area (Å²) in [5.41, 5.74) is 0.979.